The van der Waals surface area contributed by atoms with Gasteiger partial charge in [0.15, 0.2) is 12.1 Å². The molecule has 4 aliphatic carbocycles. The number of ether oxygens (including phenoxy) is 2. The standard InChI is InChI=1S/C36H42N4O7S/c1-20-23-16-24(41)28-35-12-7-11-34(2,3)26(35)17-27(36(28,29(20)42)30(23)43)47-32(35)46-14-8-13-39-18-22(37-38-39)19-40-31(44)25(48-33(40)45)15-21-9-5-4-6-10-21/h4-6,9-10,15,18,23-24,26-28,30,32,41,43H,1,7-8,11-14,16-17,19H2,2-3H3/b25-15-/t23-,24-,26+,27+,28-,30+,32-,35-,36+/m0/s1. The van der Waals surface area contributed by atoms with Gasteiger partial charge in [0.2, 0.25) is 0 Å². The molecule has 9 rings (SSSR count). The topological polar surface area (TPSA) is 144 Å². The summed E-state index contributed by atoms with van der Waals surface area (Å²) in [6, 6.07) is 9.41. The Bertz CT molecular complexity index is 1710. The molecule has 2 N–H and O–H groups in total. The lowest BCUT2D eigenvalue weighted by atomic mass is 9.37. The summed E-state index contributed by atoms with van der Waals surface area (Å²) in [5, 5.41) is 31.4. The summed E-state index contributed by atoms with van der Waals surface area (Å²) in [6.45, 7) is 9.51. The highest BCUT2D eigenvalue weighted by molar-refractivity contribution is 8.18. The maximum atomic E-state index is 13.9. The number of hydrogen-bond donors (Lipinski definition) is 2. The molecule has 2 spiro atoms. The Morgan fingerprint density at radius 2 is 1.94 bits per heavy atom. The lowest BCUT2D eigenvalue weighted by molar-refractivity contribution is -0.402. The van der Waals surface area contributed by atoms with Crippen molar-refractivity contribution < 1.29 is 34.1 Å². The molecule has 7 aliphatic rings. The van der Waals surface area contributed by atoms with Crippen LogP contribution < -0.4 is 0 Å². The summed E-state index contributed by atoms with van der Waals surface area (Å²) in [7, 11) is 0. The van der Waals surface area contributed by atoms with Gasteiger partial charge in [0.1, 0.15) is 5.69 Å². The SMILES string of the molecule is C=C1C(=O)[C@]23[C@H](O)[C@H]1C[C@H](O)[C@H]2[C@]12CCCC(C)(C)[C@H]1C[C@H]3O[C@@H]2OCCCn1cc(CN2C(=O)S/C(=C\c3ccccc3)C2=O)nn1. The minimum absolute atomic E-state index is 0.0322. The third kappa shape index (κ3) is 4.52. The van der Waals surface area contributed by atoms with Gasteiger partial charge >= 0.3 is 0 Å². The molecule has 2 aromatic rings. The van der Waals surface area contributed by atoms with E-state index in [4.69, 9.17) is 9.47 Å². The van der Waals surface area contributed by atoms with Crippen molar-refractivity contribution in [2.24, 2.45) is 34.0 Å². The lowest BCUT2D eigenvalue weighted by Gasteiger charge is -2.72. The van der Waals surface area contributed by atoms with Gasteiger partial charge in [-0.25, -0.2) is 0 Å². The predicted octanol–water partition coefficient (Wildman–Crippen LogP) is 4.35. The molecule has 11 nitrogen and oxygen atoms in total. The first-order valence-electron chi connectivity index (χ1n) is 17.0. The number of aliphatic hydroxyl groups excluding tert-OH is 2. The van der Waals surface area contributed by atoms with E-state index in [2.05, 4.69) is 30.7 Å². The molecule has 48 heavy (non-hydrogen) atoms. The Balaban J connectivity index is 0.945. The van der Waals surface area contributed by atoms with E-state index >= 15 is 0 Å². The van der Waals surface area contributed by atoms with Gasteiger partial charge in [0, 0.05) is 23.8 Å². The van der Waals surface area contributed by atoms with Crippen LogP contribution in [0.2, 0.25) is 0 Å². The zero-order valence-electron chi connectivity index (χ0n) is 27.3. The smallest absolute Gasteiger partial charge is 0.293 e. The summed E-state index contributed by atoms with van der Waals surface area (Å²) >= 11 is 0.919. The van der Waals surface area contributed by atoms with Gasteiger partial charge in [0.05, 0.1) is 48.0 Å². The van der Waals surface area contributed by atoms with E-state index < -0.39 is 47.3 Å². The maximum Gasteiger partial charge on any atom is 0.293 e. The van der Waals surface area contributed by atoms with Crippen LogP contribution in [0.5, 0.6) is 0 Å². The van der Waals surface area contributed by atoms with E-state index in [1.807, 2.05) is 30.3 Å². The van der Waals surface area contributed by atoms with Crippen molar-refractivity contribution >= 4 is 34.8 Å². The fourth-order valence-corrected chi connectivity index (χ4v) is 11.3. The summed E-state index contributed by atoms with van der Waals surface area (Å²) in [5.41, 5.74) is -0.0272. The number of Topliss-reactive ketones (excluding diaryl/α,β-unsaturated/α-hetero) is 1. The molecular weight excluding hydrogens is 632 g/mol. The summed E-state index contributed by atoms with van der Waals surface area (Å²) in [6.07, 6.45) is 4.97. The maximum absolute atomic E-state index is 13.9. The van der Waals surface area contributed by atoms with Crippen molar-refractivity contribution in [3.63, 3.8) is 0 Å². The van der Waals surface area contributed by atoms with E-state index in [1.54, 1.807) is 17.0 Å². The number of thioether (sulfide) groups is 1. The van der Waals surface area contributed by atoms with E-state index in [9.17, 15) is 24.6 Å². The first-order chi connectivity index (χ1) is 23.0. The van der Waals surface area contributed by atoms with Crippen molar-refractivity contribution in [3.8, 4) is 0 Å². The van der Waals surface area contributed by atoms with Crippen LogP contribution in [0, 0.1) is 34.0 Å². The third-order valence-corrected chi connectivity index (χ3v) is 13.3. The van der Waals surface area contributed by atoms with Crippen LogP contribution in [-0.2, 0) is 32.2 Å². The molecule has 4 saturated carbocycles. The number of nitrogens with zero attached hydrogens (tertiary/aromatic N) is 4. The number of ketones is 1. The van der Waals surface area contributed by atoms with Gasteiger partial charge in [-0.3, -0.25) is 24.0 Å². The molecule has 1 aromatic heterocycles. The molecule has 9 atom stereocenters. The lowest BCUT2D eigenvalue weighted by Crippen LogP contribution is -2.78. The normalized spacial score (nSPS) is 39.0. The monoisotopic (exact) mass is 674 g/mol. The largest absolute Gasteiger partial charge is 0.393 e. The van der Waals surface area contributed by atoms with Gasteiger partial charge < -0.3 is 19.7 Å². The van der Waals surface area contributed by atoms with Gasteiger partial charge in [-0.1, -0.05) is 62.4 Å². The predicted molar refractivity (Wildman–Crippen MR) is 176 cm³/mol. The fraction of sp³-hybridized carbons (Fsp3) is 0.583. The van der Waals surface area contributed by atoms with Crippen molar-refractivity contribution in [1.29, 1.82) is 0 Å². The minimum Gasteiger partial charge on any atom is -0.393 e. The number of aryl methyl sites for hydroxylation is 1. The van der Waals surface area contributed by atoms with Crippen molar-refractivity contribution in [2.45, 2.75) is 90.1 Å². The Morgan fingerprint density at radius 1 is 1.15 bits per heavy atom. The number of benzene rings is 1. The number of aliphatic hydroxyl groups is 2. The molecule has 7 fully saturated rings. The van der Waals surface area contributed by atoms with E-state index in [0.29, 0.717) is 48.6 Å². The van der Waals surface area contributed by atoms with Crippen molar-refractivity contribution in [2.75, 3.05) is 6.61 Å². The fourth-order valence-electron chi connectivity index (χ4n) is 10.5. The second-order valence-corrected chi connectivity index (χ2v) is 16.2. The zero-order chi connectivity index (χ0) is 33.6. The Morgan fingerprint density at radius 3 is 2.73 bits per heavy atom. The van der Waals surface area contributed by atoms with Gasteiger partial charge in [0.25, 0.3) is 11.1 Å². The average molecular weight is 675 g/mol. The minimum atomic E-state index is -1.17. The first-order valence-corrected chi connectivity index (χ1v) is 17.9. The van der Waals surface area contributed by atoms with E-state index in [1.165, 1.54) is 4.90 Å². The van der Waals surface area contributed by atoms with Crippen LogP contribution in [0.1, 0.15) is 63.6 Å². The Labute approximate surface area is 283 Å². The Hall–Kier alpha value is -3.16. The molecule has 2 amide bonds. The molecule has 3 aliphatic heterocycles. The number of amides is 2. The quantitative estimate of drug-likeness (QED) is 0.307. The van der Waals surface area contributed by atoms with Crippen LogP contribution in [0.25, 0.3) is 6.08 Å². The molecular formula is C36H42N4O7S. The third-order valence-electron chi connectivity index (χ3n) is 12.4. The van der Waals surface area contributed by atoms with E-state index in [-0.39, 0.29) is 34.8 Å². The van der Waals surface area contributed by atoms with Crippen LogP contribution in [0.3, 0.4) is 0 Å². The molecule has 4 heterocycles. The van der Waals surface area contributed by atoms with Gasteiger partial charge in [-0.05, 0) is 72.4 Å². The van der Waals surface area contributed by atoms with Crippen molar-refractivity contribution in [3.05, 3.63) is 64.8 Å². The highest BCUT2D eigenvalue weighted by Gasteiger charge is 2.81. The summed E-state index contributed by atoms with van der Waals surface area (Å²) in [4.78, 5) is 41.1. The number of carbonyl (C=O) groups excluding carboxylic acids is 3. The first kappa shape index (κ1) is 32.1. The number of imide groups is 1. The highest BCUT2D eigenvalue weighted by Crippen LogP contribution is 2.75. The van der Waals surface area contributed by atoms with Crippen LogP contribution in [0.15, 0.2) is 53.6 Å². The van der Waals surface area contributed by atoms with Crippen LogP contribution in [0.4, 0.5) is 4.79 Å². The molecule has 0 unspecified atom stereocenters. The van der Waals surface area contributed by atoms with E-state index in [0.717, 1.165) is 36.6 Å². The number of hydrogen-bond acceptors (Lipinski definition) is 10. The molecule has 3 saturated heterocycles. The average Bonchev–Trinajstić information content (AvgIpc) is 3.65. The molecule has 0 radical (unpaired) electrons. The zero-order valence-corrected chi connectivity index (χ0v) is 28.1. The summed E-state index contributed by atoms with van der Waals surface area (Å²) < 4.78 is 15.0. The second kappa shape index (κ2) is 11.4. The summed E-state index contributed by atoms with van der Waals surface area (Å²) in [5.74, 6) is -1.20. The number of fused-ring (bicyclic) bond motifs is 2. The van der Waals surface area contributed by atoms with Crippen molar-refractivity contribution in [1.82, 2.24) is 19.9 Å². The number of aromatic nitrogens is 3. The number of rotatable bonds is 8. The number of carbonyl (C=O) groups is 3. The van der Waals surface area contributed by atoms with Gasteiger partial charge in [-0.15, -0.1) is 5.10 Å². The molecule has 1 aromatic carbocycles. The highest BCUT2D eigenvalue weighted by atomic mass is 32.2. The second-order valence-electron chi connectivity index (χ2n) is 15.2. The molecule has 4 bridgehead atoms. The van der Waals surface area contributed by atoms with Gasteiger partial charge in [-0.2, -0.15) is 0 Å². The Kier molecular flexibility index (Phi) is 7.65. The van der Waals surface area contributed by atoms with Crippen LogP contribution in [-0.4, -0.2) is 78.2 Å². The molecule has 254 valence electrons. The molecule has 12 heteroatoms. The van der Waals surface area contributed by atoms with Crippen LogP contribution >= 0.6 is 11.8 Å².